The molecule has 1 aromatic carbocycles. The Morgan fingerprint density at radius 3 is 2.53 bits per heavy atom. The smallest absolute Gasteiger partial charge is 0.221 e. The minimum Gasteiger partial charge on any atom is -0.491 e. The fourth-order valence-corrected chi connectivity index (χ4v) is 2.90. The van der Waals surface area contributed by atoms with E-state index >= 15 is 0 Å². The molecule has 0 radical (unpaired) electrons. The predicted molar refractivity (Wildman–Crippen MR) is 76.4 cm³/mol. The van der Waals surface area contributed by atoms with Crippen molar-refractivity contribution in [3.63, 3.8) is 0 Å². The van der Waals surface area contributed by atoms with Gasteiger partial charge in [-0.25, -0.2) is 0 Å². The highest BCUT2D eigenvalue weighted by Crippen LogP contribution is 2.37. The Balaban J connectivity index is 2.23. The van der Waals surface area contributed by atoms with E-state index in [-0.39, 0.29) is 23.5 Å². The minimum absolute atomic E-state index is 0.109. The van der Waals surface area contributed by atoms with Crippen LogP contribution in [0.5, 0.6) is 5.75 Å². The van der Waals surface area contributed by atoms with Gasteiger partial charge in [0.05, 0.1) is 6.10 Å². The molecule has 0 spiro atoms. The molecule has 19 heavy (non-hydrogen) atoms. The van der Waals surface area contributed by atoms with Crippen molar-refractivity contribution in [3.8, 4) is 5.75 Å². The van der Waals surface area contributed by atoms with Crippen LogP contribution in [0.4, 0.5) is 0 Å². The highest BCUT2D eigenvalue weighted by Gasteiger charge is 2.43. The normalized spacial score (nSPS) is 26.6. The number of ether oxygens (including phenoxy) is 1. The molecule has 0 saturated carbocycles. The fraction of sp³-hybridized carbons (Fsp3) is 0.562. The fourth-order valence-electron chi connectivity index (χ4n) is 2.90. The standard InChI is InChI=1S/C16H23NO2/c1-5-14-16(4,10-15(18)17-14)12-6-8-13(9-7-12)19-11(2)3/h6-9,11,14H,5,10H2,1-4H3,(H,17,18). The number of nitrogens with one attached hydrogen (secondary N) is 1. The molecule has 2 unspecified atom stereocenters. The molecule has 1 heterocycles. The Labute approximate surface area is 115 Å². The lowest BCUT2D eigenvalue weighted by Gasteiger charge is -2.30. The SMILES string of the molecule is CCC1NC(=O)CC1(C)c1ccc(OC(C)C)cc1. The van der Waals surface area contributed by atoms with E-state index < -0.39 is 0 Å². The highest BCUT2D eigenvalue weighted by molar-refractivity contribution is 5.81. The number of benzene rings is 1. The minimum atomic E-state index is -0.109. The van der Waals surface area contributed by atoms with Gasteiger partial charge < -0.3 is 10.1 Å². The van der Waals surface area contributed by atoms with E-state index in [9.17, 15) is 4.79 Å². The Morgan fingerprint density at radius 2 is 2.00 bits per heavy atom. The van der Waals surface area contributed by atoms with Crippen molar-refractivity contribution in [3.05, 3.63) is 29.8 Å². The molecule has 2 atom stereocenters. The molecule has 3 nitrogen and oxygen atoms in total. The van der Waals surface area contributed by atoms with E-state index in [1.807, 2.05) is 26.0 Å². The van der Waals surface area contributed by atoms with E-state index in [1.165, 1.54) is 5.56 Å². The number of hydrogen-bond acceptors (Lipinski definition) is 2. The van der Waals surface area contributed by atoms with Crippen molar-refractivity contribution >= 4 is 5.91 Å². The Kier molecular flexibility index (Phi) is 3.83. The third-order valence-electron chi connectivity index (χ3n) is 3.93. The van der Waals surface area contributed by atoms with Crippen LogP contribution in [0.3, 0.4) is 0 Å². The second-order valence-corrected chi connectivity index (χ2v) is 5.81. The van der Waals surface area contributed by atoms with Crippen LogP contribution in [0, 0.1) is 0 Å². The highest BCUT2D eigenvalue weighted by atomic mass is 16.5. The molecule has 1 fully saturated rings. The number of hydrogen-bond donors (Lipinski definition) is 1. The first-order valence-corrected chi connectivity index (χ1v) is 7.02. The summed E-state index contributed by atoms with van der Waals surface area (Å²) in [4.78, 5) is 11.7. The lowest BCUT2D eigenvalue weighted by molar-refractivity contribution is -0.119. The van der Waals surface area contributed by atoms with Crippen LogP contribution < -0.4 is 10.1 Å². The van der Waals surface area contributed by atoms with E-state index in [0.717, 1.165) is 12.2 Å². The molecule has 1 N–H and O–H groups in total. The Morgan fingerprint density at radius 1 is 1.37 bits per heavy atom. The third kappa shape index (κ3) is 2.75. The second-order valence-electron chi connectivity index (χ2n) is 5.81. The Bertz CT molecular complexity index is 452. The lowest BCUT2D eigenvalue weighted by Crippen LogP contribution is -2.37. The van der Waals surface area contributed by atoms with Gasteiger partial charge in [-0.2, -0.15) is 0 Å². The first kappa shape index (κ1) is 13.9. The number of amides is 1. The number of rotatable bonds is 4. The zero-order valence-corrected chi connectivity index (χ0v) is 12.2. The van der Waals surface area contributed by atoms with Gasteiger partial charge in [0.1, 0.15) is 5.75 Å². The molecular weight excluding hydrogens is 238 g/mol. The Hall–Kier alpha value is -1.51. The van der Waals surface area contributed by atoms with E-state index in [2.05, 4.69) is 31.3 Å². The monoisotopic (exact) mass is 261 g/mol. The van der Waals surface area contributed by atoms with Gasteiger partial charge in [-0.15, -0.1) is 0 Å². The van der Waals surface area contributed by atoms with Crippen LogP contribution >= 0.6 is 0 Å². The zero-order valence-electron chi connectivity index (χ0n) is 12.2. The molecule has 0 aliphatic carbocycles. The van der Waals surface area contributed by atoms with Crippen molar-refractivity contribution in [2.24, 2.45) is 0 Å². The second kappa shape index (κ2) is 5.24. The van der Waals surface area contributed by atoms with Gasteiger partial charge in [-0.1, -0.05) is 26.0 Å². The molecule has 3 heteroatoms. The summed E-state index contributed by atoms with van der Waals surface area (Å²) in [6.45, 7) is 8.31. The summed E-state index contributed by atoms with van der Waals surface area (Å²) in [5.74, 6) is 1.03. The summed E-state index contributed by atoms with van der Waals surface area (Å²) in [6.07, 6.45) is 1.70. The van der Waals surface area contributed by atoms with Gasteiger partial charge in [0.2, 0.25) is 5.91 Å². The van der Waals surface area contributed by atoms with Gasteiger partial charge in [-0.3, -0.25) is 4.79 Å². The lowest BCUT2D eigenvalue weighted by atomic mass is 9.75. The maximum atomic E-state index is 11.7. The summed E-state index contributed by atoms with van der Waals surface area (Å²) in [5, 5.41) is 3.07. The van der Waals surface area contributed by atoms with Gasteiger partial charge in [0.25, 0.3) is 0 Å². The average Bonchev–Trinajstić information content (AvgIpc) is 2.65. The van der Waals surface area contributed by atoms with Crippen molar-refractivity contribution in [2.75, 3.05) is 0 Å². The maximum absolute atomic E-state index is 11.7. The van der Waals surface area contributed by atoms with Crippen molar-refractivity contribution in [1.29, 1.82) is 0 Å². The molecular formula is C16H23NO2. The van der Waals surface area contributed by atoms with E-state index in [0.29, 0.717) is 6.42 Å². The third-order valence-corrected chi connectivity index (χ3v) is 3.93. The maximum Gasteiger partial charge on any atom is 0.221 e. The van der Waals surface area contributed by atoms with Gasteiger partial charge in [0, 0.05) is 17.9 Å². The summed E-state index contributed by atoms with van der Waals surface area (Å²) in [6, 6.07) is 8.38. The first-order valence-electron chi connectivity index (χ1n) is 7.02. The topological polar surface area (TPSA) is 38.3 Å². The van der Waals surface area contributed by atoms with E-state index in [1.54, 1.807) is 0 Å². The summed E-state index contributed by atoms with van der Waals surface area (Å²) < 4.78 is 5.66. The molecule has 2 rings (SSSR count). The first-order chi connectivity index (χ1) is 8.95. The van der Waals surface area contributed by atoms with Crippen LogP contribution in [0.15, 0.2) is 24.3 Å². The molecule has 1 saturated heterocycles. The van der Waals surface area contributed by atoms with E-state index in [4.69, 9.17) is 4.74 Å². The molecule has 0 bridgehead atoms. The molecule has 1 aliphatic rings. The van der Waals surface area contributed by atoms with Crippen LogP contribution in [-0.2, 0) is 10.2 Å². The van der Waals surface area contributed by atoms with Crippen LogP contribution in [0.25, 0.3) is 0 Å². The molecule has 1 aliphatic heterocycles. The van der Waals surface area contributed by atoms with Crippen LogP contribution in [0.1, 0.15) is 46.1 Å². The summed E-state index contributed by atoms with van der Waals surface area (Å²) in [7, 11) is 0. The van der Waals surface area contributed by atoms with Crippen LogP contribution in [0.2, 0.25) is 0 Å². The van der Waals surface area contributed by atoms with Crippen molar-refractivity contribution in [2.45, 2.75) is 58.1 Å². The van der Waals surface area contributed by atoms with Crippen molar-refractivity contribution < 1.29 is 9.53 Å². The van der Waals surface area contributed by atoms with Gasteiger partial charge in [-0.05, 0) is 38.0 Å². The number of carbonyl (C=O) groups excluding carboxylic acids is 1. The summed E-state index contributed by atoms with van der Waals surface area (Å²) in [5.41, 5.74) is 1.09. The number of carbonyl (C=O) groups is 1. The quantitative estimate of drug-likeness (QED) is 0.904. The largest absolute Gasteiger partial charge is 0.491 e. The average molecular weight is 261 g/mol. The van der Waals surface area contributed by atoms with Crippen LogP contribution in [-0.4, -0.2) is 18.1 Å². The van der Waals surface area contributed by atoms with Crippen molar-refractivity contribution in [1.82, 2.24) is 5.32 Å². The molecule has 1 amide bonds. The molecule has 104 valence electrons. The zero-order chi connectivity index (χ0) is 14.0. The predicted octanol–water partition coefficient (Wildman–Crippen LogP) is 3.03. The molecule has 0 aromatic heterocycles. The van der Waals surface area contributed by atoms with Gasteiger partial charge in [0.15, 0.2) is 0 Å². The summed E-state index contributed by atoms with van der Waals surface area (Å²) >= 11 is 0. The molecule has 1 aromatic rings. The van der Waals surface area contributed by atoms with Gasteiger partial charge >= 0.3 is 0 Å².